The van der Waals surface area contributed by atoms with Crippen molar-refractivity contribution in [3.63, 3.8) is 0 Å². The van der Waals surface area contributed by atoms with Gasteiger partial charge in [-0.05, 0) is 47.4 Å². The molecule has 2 heterocycles. The summed E-state index contributed by atoms with van der Waals surface area (Å²) in [7, 11) is 0. The van der Waals surface area contributed by atoms with Crippen molar-refractivity contribution in [2.75, 3.05) is 0 Å². The molecule has 0 saturated carbocycles. The molecule has 0 spiro atoms. The summed E-state index contributed by atoms with van der Waals surface area (Å²) in [4.78, 5) is 0. The van der Waals surface area contributed by atoms with E-state index in [1.54, 1.807) is 0 Å². The van der Waals surface area contributed by atoms with Crippen molar-refractivity contribution in [2.45, 2.75) is 51.9 Å². The minimum absolute atomic E-state index is 1.22. The highest BCUT2D eigenvalue weighted by Crippen LogP contribution is 2.45. The highest BCUT2D eigenvalue weighted by atomic mass is 32.1. The third-order valence-corrected chi connectivity index (χ3v) is 8.33. The molecule has 0 aliphatic rings. The van der Waals surface area contributed by atoms with Gasteiger partial charge in [-0.2, -0.15) is 0 Å². The Morgan fingerprint density at radius 2 is 1.32 bits per heavy atom. The molecule has 0 aliphatic heterocycles. The molecule has 2 aromatic heterocycles. The van der Waals surface area contributed by atoms with Crippen LogP contribution in [0.25, 0.3) is 40.3 Å². The lowest BCUT2D eigenvalue weighted by atomic mass is 10.0. The fourth-order valence-electron chi connectivity index (χ4n) is 4.25. The highest BCUT2D eigenvalue weighted by Gasteiger charge is 2.13. The van der Waals surface area contributed by atoms with E-state index in [-0.39, 0.29) is 0 Å². The van der Waals surface area contributed by atoms with E-state index in [0.717, 1.165) is 0 Å². The lowest BCUT2D eigenvalue weighted by Gasteiger charge is -2.02. The third kappa shape index (κ3) is 3.33. The van der Waals surface area contributed by atoms with Crippen molar-refractivity contribution in [1.82, 2.24) is 0 Å². The van der Waals surface area contributed by atoms with Crippen molar-refractivity contribution in [1.29, 1.82) is 0 Å². The standard InChI is InChI=1S/C26H26S2/c1-2-3-4-5-6-7-10-18-13-14-21-23(15-18)27-26-22-16-19-11-8-9-12-20(19)17-24(22)28-25(21)26/h8-9,11-17H,2-7,10H2,1H3. The maximum absolute atomic E-state index is 2.45. The first-order chi connectivity index (χ1) is 13.8. The van der Waals surface area contributed by atoms with Crippen LogP contribution in [0.2, 0.25) is 0 Å². The molecule has 0 aliphatic carbocycles. The molecule has 0 amide bonds. The van der Waals surface area contributed by atoms with Crippen LogP contribution in [0.5, 0.6) is 0 Å². The van der Waals surface area contributed by atoms with Gasteiger partial charge in [-0.1, -0.05) is 75.4 Å². The van der Waals surface area contributed by atoms with E-state index in [0.29, 0.717) is 0 Å². The minimum Gasteiger partial charge on any atom is -0.134 e. The van der Waals surface area contributed by atoms with Gasteiger partial charge in [-0.3, -0.25) is 0 Å². The minimum atomic E-state index is 1.22. The lowest BCUT2D eigenvalue weighted by Crippen LogP contribution is -1.85. The maximum Gasteiger partial charge on any atom is 0.0542 e. The van der Waals surface area contributed by atoms with Crippen LogP contribution in [0.1, 0.15) is 51.0 Å². The van der Waals surface area contributed by atoms with Gasteiger partial charge in [-0.25, -0.2) is 0 Å². The lowest BCUT2D eigenvalue weighted by molar-refractivity contribution is 0.607. The second kappa shape index (κ2) is 7.85. The molecule has 0 nitrogen and oxygen atoms in total. The zero-order valence-corrected chi connectivity index (χ0v) is 18.1. The SMILES string of the molecule is CCCCCCCCc1ccc2c(c1)sc1c3cc4ccccc4cc3sc21. The quantitative estimate of drug-likeness (QED) is 0.238. The van der Waals surface area contributed by atoms with Crippen LogP contribution in [-0.2, 0) is 6.42 Å². The molecule has 0 radical (unpaired) electrons. The predicted octanol–water partition coefficient (Wildman–Crippen LogP) is 9.33. The topological polar surface area (TPSA) is 0 Å². The van der Waals surface area contributed by atoms with Crippen molar-refractivity contribution in [3.05, 3.63) is 60.2 Å². The molecule has 2 heteroatoms. The molecule has 0 bridgehead atoms. The van der Waals surface area contributed by atoms with E-state index < -0.39 is 0 Å². The fourth-order valence-corrected chi connectivity index (χ4v) is 6.99. The van der Waals surface area contributed by atoms with Gasteiger partial charge in [0.05, 0.1) is 9.40 Å². The molecule has 3 aromatic carbocycles. The first kappa shape index (κ1) is 18.1. The van der Waals surface area contributed by atoms with E-state index >= 15 is 0 Å². The summed E-state index contributed by atoms with van der Waals surface area (Å²) in [5.41, 5.74) is 1.51. The van der Waals surface area contributed by atoms with Crippen molar-refractivity contribution in [2.24, 2.45) is 0 Å². The van der Waals surface area contributed by atoms with Gasteiger partial charge in [0.1, 0.15) is 0 Å². The summed E-state index contributed by atoms with van der Waals surface area (Å²) in [6.07, 6.45) is 9.43. The van der Waals surface area contributed by atoms with Gasteiger partial charge in [0, 0.05) is 20.2 Å². The number of fused-ring (bicyclic) bond motifs is 6. The summed E-state index contributed by atoms with van der Waals surface area (Å²) in [6.45, 7) is 2.28. The summed E-state index contributed by atoms with van der Waals surface area (Å²) in [5, 5.41) is 5.56. The first-order valence-corrected chi connectivity index (χ1v) is 12.2. The molecule has 5 aromatic rings. The predicted molar refractivity (Wildman–Crippen MR) is 129 cm³/mol. The van der Waals surface area contributed by atoms with E-state index in [4.69, 9.17) is 0 Å². The van der Waals surface area contributed by atoms with Crippen molar-refractivity contribution in [3.8, 4) is 0 Å². The van der Waals surface area contributed by atoms with Gasteiger partial charge in [0.2, 0.25) is 0 Å². The molecule has 28 heavy (non-hydrogen) atoms. The summed E-state index contributed by atoms with van der Waals surface area (Å²) in [6, 6.07) is 20.6. The number of hydrogen-bond acceptors (Lipinski definition) is 2. The number of rotatable bonds is 7. The molecule has 0 unspecified atom stereocenters. The monoisotopic (exact) mass is 402 g/mol. The summed E-state index contributed by atoms with van der Waals surface area (Å²) < 4.78 is 5.81. The number of hydrogen-bond donors (Lipinski definition) is 0. The van der Waals surface area contributed by atoms with Crippen LogP contribution in [-0.4, -0.2) is 0 Å². The average molecular weight is 403 g/mol. The van der Waals surface area contributed by atoms with Crippen LogP contribution in [0, 0.1) is 0 Å². The highest BCUT2D eigenvalue weighted by molar-refractivity contribution is 7.36. The second-order valence-corrected chi connectivity index (χ2v) is 10.0. The largest absolute Gasteiger partial charge is 0.134 e. The summed E-state index contributed by atoms with van der Waals surface area (Å²) >= 11 is 3.94. The third-order valence-electron chi connectivity index (χ3n) is 5.83. The van der Waals surface area contributed by atoms with Gasteiger partial charge in [0.25, 0.3) is 0 Å². The Balaban J connectivity index is 1.45. The van der Waals surface area contributed by atoms with Gasteiger partial charge < -0.3 is 0 Å². The number of unbranched alkanes of at least 4 members (excludes halogenated alkanes) is 5. The molecule has 0 saturated heterocycles. The molecule has 142 valence electrons. The second-order valence-electron chi connectivity index (χ2n) is 7.91. The Labute approximate surface area is 174 Å². The van der Waals surface area contributed by atoms with Crippen molar-refractivity contribution >= 4 is 63.0 Å². The fraction of sp³-hybridized carbons (Fsp3) is 0.308. The molecular weight excluding hydrogens is 376 g/mol. The van der Waals surface area contributed by atoms with E-state index in [1.165, 1.54) is 90.9 Å². The van der Waals surface area contributed by atoms with Gasteiger partial charge >= 0.3 is 0 Å². The maximum atomic E-state index is 2.45. The normalized spacial score (nSPS) is 12.0. The van der Waals surface area contributed by atoms with Crippen LogP contribution in [0.4, 0.5) is 0 Å². The van der Waals surface area contributed by atoms with Crippen LogP contribution in [0.15, 0.2) is 54.6 Å². The number of aryl methyl sites for hydroxylation is 1. The molecule has 0 N–H and O–H groups in total. The van der Waals surface area contributed by atoms with Crippen LogP contribution >= 0.6 is 22.7 Å². The Hall–Kier alpha value is -1.90. The first-order valence-electron chi connectivity index (χ1n) is 10.6. The Bertz CT molecular complexity index is 1260. The van der Waals surface area contributed by atoms with Crippen LogP contribution < -0.4 is 0 Å². The van der Waals surface area contributed by atoms with E-state index in [1.807, 2.05) is 22.7 Å². The molecular formula is C26H26S2. The molecule has 0 atom stereocenters. The van der Waals surface area contributed by atoms with Crippen LogP contribution in [0.3, 0.4) is 0 Å². The van der Waals surface area contributed by atoms with E-state index in [9.17, 15) is 0 Å². The van der Waals surface area contributed by atoms with Gasteiger partial charge in [0.15, 0.2) is 0 Å². The van der Waals surface area contributed by atoms with Gasteiger partial charge in [-0.15, -0.1) is 22.7 Å². The molecule has 5 rings (SSSR count). The zero-order chi connectivity index (χ0) is 18.9. The number of thiophene rings is 2. The smallest absolute Gasteiger partial charge is 0.0542 e. The molecule has 0 fully saturated rings. The Morgan fingerprint density at radius 3 is 2.14 bits per heavy atom. The number of benzene rings is 3. The van der Waals surface area contributed by atoms with E-state index in [2.05, 4.69) is 61.5 Å². The Morgan fingerprint density at radius 1 is 0.643 bits per heavy atom. The average Bonchev–Trinajstić information content (AvgIpc) is 3.24. The zero-order valence-electron chi connectivity index (χ0n) is 16.5. The summed E-state index contributed by atoms with van der Waals surface area (Å²) in [5.74, 6) is 0. The van der Waals surface area contributed by atoms with Crippen molar-refractivity contribution < 1.29 is 0 Å². The Kier molecular flexibility index (Phi) is 5.09.